The van der Waals surface area contributed by atoms with Gasteiger partial charge in [0.25, 0.3) is 0 Å². The van der Waals surface area contributed by atoms with Crippen LogP contribution in [-0.4, -0.2) is 21.3 Å². The Bertz CT molecular complexity index is 722. The van der Waals surface area contributed by atoms with Crippen molar-refractivity contribution in [2.45, 2.75) is 12.8 Å². The van der Waals surface area contributed by atoms with E-state index in [1.165, 1.54) is 12.3 Å². The molecule has 1 N–H and O–H groups in total. The minimum absolute atomic E-state index is 0.251. The maximum absolute atomic E-state index is 13.4. The van der Waals surface area contributed by atoms with E-state index in [1.807, 2.05) is 0 Å². The minimum atomic E-state index is -1.10. The van der Waals surface area contributed by atoms with Crippen molar-refractivity contribution in [2.24, 2.45) is 5.92 Å². The van der Waals surface area contributed by atoms with Gasteiger partial charge in [0.2, 0.25) is 0 Å². The number of aromatic nitrogens is 1. The number of carbonyl (C=O) groups is 2. The molecule has 0 spiro atoms. The van der Waals surface area contributed by atoms with Crippen molar-refractivity contribution in [3.8, 4) is 0 Å². The van der Waals surface area contributed by atoms with Crippen molar-refractivity contribution in [1.29, 1.82) is 0 Å². The van der Waals surface area contributed by atoms with Crippen molar-refractivity contribution < 1.29 is 19.1 Å². The van der Waals surface area contributed by atoms with Crippen molar-refractivity contribution in [1.82, 2.24) is 4.40 Å². The minimum Gasteiger partial charge on any atom is -0.481 e. The number of halogens is 2. The summed E-state index contributed by atoms with van der Waals surface area (Å²) < 4.78 is 15.6. The number of fused-ring (bicyclic) bond motifs is 3. The molecule has 98 valence electrons. The monoisotopic (exact) mass is 325 g/mol. The summed E-state index contributed by atoms with van der Waals surface area (Å²) in [7, 11) is 0. The fraction of sp³-hybridized carbons (Fsp3) is 0.231. The Morgan fingerprint density at radius 2 is 2.21 bits per heavy atom. The van der Waals surface area contributed by atoms with Crippen LogP contribution in [0.1, 0.15) is 22.5 Å². The van der Waals surface area contributed by atoms with Crippen LogP contribution >= 0.6 is 15.9 Å². The summed E-state index contributed by atoms with van der Waals surface area (Å²) in [5.41, 5.74) is 1.73. The Morgan fingerprint density at radius 1 is 1.47 bits per heavy atom. The number of rotatable bonds is 1. The molecular formula is C13H9BrFNO3. The Morgan fingerprint density at radius 3 is 2.89 bits per heavy atom. The number of carboxylic acids is 1. The molecule has 1 atom stereocenters. The highest BCUT2D eigenvalue weighted by atomic mass is 79.9. The molecule has 0 saturated carbocycles. The van der Waals surface area contributed by atoms with Crippen LogP contribution < -0.4 is 0 Å². The predicted molar refractivity (Wildman–Crippen MR) is 68.8 cm³/mol. The highest BCUT2D eigenvalue weighted by Gasteiger charge is 2.34. The van der Waals surface area contributed by atoms with Crippen molar-refractivity contribution in [2.75, 3.05) is 0 Å². The normalized spacial score (nSPS) is 18.6. The lowest BCUT2D eigenvalue weighted by molar-refractivity contribution is -0.140. The molecule has 0 aliphatic heterocycles. The molecule has 19 heavy (non-hydrogen) atoms. The molecule has 4 nitrogen and oxygen atoms in total. The summed E-state index contributed by atoms with van der Waals surface area (Å²) in [5.74, 6) is -2.90. The Balaban J connectivity index is 2.25. The molecule has 0 fully saturated rings. The molecular weight excluding hydrogens is 317 g/mol. The third-order valence-electron chi connectivity index (χ3n) is 3.45. The average molecular weight is 326 g/mol. The number of aryl methyl sites for hydroxylation is 1. The predicted octanol–water partition coefficient (Wildman–Crippen LogP) is 2.67. The molecule has 0 aromatic carbocycles. The van der Waals surface area contributed by atoms with Gasteiger partial charge in [0.15, 0.2) is 5.78 Å². The quantitative estimate of drug-likeness (QED) is 0.820. The number of Topliss-reactive ketones (excluding diaryl/α,β-unsaturated/α-hetero) is 1. The third-order valence-corrected chi connectivity index (χ3v) is 4.09. The summed E-state index contributed by atoms with van der Waals surface area (Å²) in [5, 5.41) is 9.01. The number of carbonyl (C=O) groups excluding carboxylic acids is 1. The number of nitrogens with zero attached hydrogens (tertiary/aromatic N) is 1. The zero-order chi connectivity index (χ0) is 13.7. The molecule has 0 saturated heterocycles. The van der Waals surface area contributed by atoms with Gasteiger partial charge in [-0.2, -0.15) is 0 Å². The van der Waals surface area contributed by atoms with Gasteiger partial charge in [0.05, 0.1) is 5.52 Å². The first-order valence-corrected chi connectivity index (χ1v) is 6.54. The molecule has 2 heterocycles. The second-order valence-corrected chi connectivity index (χ2v) is 5.41. The molecule has 1 aliphatic carbocycles. The number of pyridine rings is 1. The molecule has 3 rings (SSSR count). The van der Waals surface area contributed by atoms with E-state index < -0.39 is 23.5 Å². The van der Waals surface area contributed by atoms with Gasteiger partial charge in [-0.1, -0.05) is 0 Å². The largest absolute Gasteiger partial charge is 0.481 e. The Labute approximate surface area is 116 Å². The van der Waals surface area contributed by atoms with Gasteiger partial charge in [0.1, 0.15) is 11.7 Å². The summed E-state index contributed by atoms with van der Waals surface area (Å²) in [6.45, 7) is 0. The second-order valence-electron chi connectivity index (χ2n) is 4.56. The number of aliphatic carboxylic acids is 1. The van der Waals surface area contributed by atoms with Crippen LogP contribution in [0.5, 0.6) is 0 Å². The van der Waals surface area contributed by atoms with E-state index in [2.05, 4.69) is 15.9 Å². The lowest BCUT2D eigenvalue weighted by Crippen LogP contribution is -2.29. The van der Waals surface area contributed by atoms with E-state index in [-0.39, 0.29) is 6.42 Å². The lowest BCUT2D eigenvalue weighted by Gasteiger charge is -2.17. The first kappa shape index (κ1) is 12.3. The van der Waals surface area contributed by atoms with Crippen LogP contribution in [0.2, 0.25) is 0 Å². The van der Waals surface area contributed by atoms with Crippen molar-refractivity contribution in [3.05, 3.63) is 39.9 Å². The van der Waals surface area contributed by atoms with Gasteiger partial charge >= 0.3 is 5.97 Å². The first-order valence-electron chi connectivity index (χ1n) is 5.75. The maximum atomic E-state index is 13.4. The molecule has 0 amide bonds. The number of carboxylic acid groups (broad SMARTS) is 1. The maximum Gasteiger partial charge on any atom is 0.314 e. The standard InChI is InChI=1S/C13H9BrFNO3/c14-9-3-6(15)5-16-10-2-1-7(13(18)19)12(17)8(10)4-11(9)16/h3-5,7H,1-2H2,(H,18,19). The smallest absolute Gasteiger partial charge is 0.314 e. The average Bonchev–Trinajstić information content (AvgIpc) is 2.69. The molecule has 2 aromatic rings. The van der Waals surface area contributed by atoms with Crippen LogP contribution in [0, 0.1) is 11.7 Å². The van der Waals surface area contributed by atoms with Gasteiger partial charge < -0.3 is 9.51 Å². The molecule has 0 bridgehead atoms. The van der Waals surface area contributed by atoms with Gasteiger partial charge in [-0.15, -0.1) is 0 Å². The van der Waals surface area contributed by atoms with Crippen molar-refractivity contribution in [3.63, 3.8) is 0 Å². The molecule has 0 radical (unpaired) electrons. The summed E-state index contributed by atoms with van der Waals surface area (Å²) in [4.78, 5) is 23.1. The lowest BCUT2D eigenvalue weighted by atomic mass is 9.86. The van der Waals surface area contributed by atoms with Crippen LogP contribution in [0.4, 0.5) is 4.39 Å². The number of hydrogen-bond donors (Lipinski definition) is 1. The molecule has 1 unspecified atom stereocenters. The van der Waals surface area contributed by atoms with E-state index >= 15 is 0 Å². The zero-order valence-corrected chi connectivity index (χ0v) is 11.3. The fourth-order valence-corrected chi connectivity index (χ4v) is 3.08. The van der Waals surface area contributed by atoms with Crippen molar-refractivity contribution >= 4 is 33.2 Å². The molecule has 2 aromatic heterocycles. The third kappa shape index (κ3) is 1.78. The first-order chi connectivity index (χ1) is 8.99. The topological polar surface area (TPSA) is 58.8 Å². The highest BCUT2D eigenvalue weighted by molar-refractivity contribution is 9.10. The summed E-state index contributed by atoms with van der Waals surface area (Å²) in [6.07, 6.45) is 2.01. The Kier molecular flexibility index (Phi) is 2.70. The van der Waals surface area contributed by atoms with Gasteiger partial charge in [0, 0.05) is 21.9 Å². The van der Waals surface area contributed by atoms with E-state index in [0.29, 0.717) is 27.7 Å². The fourth-order valence-electron chi connectivity index (χ4n) is 2.56. The summed E-state index contributed by atoms with van der Waals surface area (Å²) >= 11 is 3.25. The van der Waals surface area contributed by atoms with E-state index in [9.17, 15) is 14.0 Å². The molecule has 1 aliphatic rings. The molecule has 6 heteroatoms. The second kappa shape index (κ2) is 4.16. The van der Waals surface area contributed by atoms with Crippen LogP contribution in [-0.2, 0) is 11.2 Å². The van der Waals surface area contributed by atoms with Gasteiger partial charge in [-0.05, 0) is 40.9 Å². The SMILES string of the molecule is O=C(O)C1CCc2c(cc3c(Br)cc(F)cn23)C1=O. The van der Waals surface area contributed by atoms with E-state index in [4.69, 9.17) is 5.11 Å². The van der Waals surface area contributed by atoms with E-state index in [0.717, 1.165) is 0 Å². The zero-order valence-electron chi connectivity index (χ0n) is 9.69. The number of hydrogen-bond acceptors (Lipinski definition) is 2. The van der Waals surface area contributed by atoms with E-state index in [1.54, 1.807) is 10.5 Å². The highest BCUT2D eigenvalue weighted by Crippen LogP contribution is 2.32. The van der Waals surface area contributed by atoms with Crippen LogP contribution in [0.15, 0.2) is 22.8 Å². The summed E-state index contributed by atoms with van der Waals surface area (Å²) in [6, 6.07) is 2.94. The van der Waals surface area contributed by atoms with Crippen LogP contribution in [0.25, 0.3) is 5.52 Å². The number of ketones is 1. The Hall–Kier alpha value is -1.69. The van der Waals surface area contributed by atoms with Gasteiger partial charge in [-0.3, -0.25) is 9.59 Å². The van der Waals surface area contributed by atoms with Crippen LogP contribution in [0.3, 0.4) is 0 Å². The van der Waals surface area contributed by atoms with Gasteiger partial charge in [-0.25, -0.2) is 4.39 Å².